The number of aromatic nitrogens is 3. The highest BCUT2D eigenvalue weighted by atomic mass is 32.1. The molecule has 0 radical (unpaired) electrons. The highest BCUT2D eigenvalue weighted by molar-refractivity contribution is 7.09. The average Bonchev–Trinajstić information content (AvgIpc) is 3.18. The van der Waals surface area contributed by atoms with E-state index in [4.69, 9.17) is 4.74 Å². The van der Waals surface area contributed by atoms with Crippen molar-refractivity contribution < 1.29 is 9.53 Å². The summed E-state index contributed by atoms with van der Waals surface area (Å²) in [5.41, 5.74) is 1.92. The van der Waals surface area contributed by atoms with Gasteiger partial charge < -0.3 is 10.1 Å². The molecule has 7 heteroatoms. The van der Waals surface area contributed by atoms with Crippen LogP contribution in [0.4, 0.5) is 0 Å². The fourth-order valence-corrected chi connectivity index (χ4v) is 3.57. The van der Waals surface area contributed by atoms with Crippen molar-refractivity contribution in [3.8, 4) is 0 Å². The fraction of sp³-hybridized carbons (Fsp3) is 0.533. The summed E-state index contributed by atoms with van der Waals surface area (Å²) in [6.07, 6.45) is 2.23. The Morgan fingerprint density at radius 1 is 1.59 bits per heavy atom. The number of amides is 1. The third-order valence-corrected chi connectivity index (χ3v) is 5.09. The van der Waals surface area contributed by atoms with Crippen LogP contribution in [-0.2, 0) is 16.6 Å². The van der Waals surface area contributed by atoms with Gasteiger partial charge in [-0.1, -0.05) is 0 Å². The quantitative estimate of drug-likeness (QED) is 0.937. The molecule has 1 N–H and O–H groups in total. The van der Waals surface area contributed by atoms with Crippen molar-refractivity contribution in [2.75, 3.05) is 6.61 Å². The molecule has 3 rings (SSSR count). The molecule has 1 fully saturated rings. The number of carbonyl (C=O) groups excluding carboxylic acids is 1. The van der Waals surface area contributed by atoms with Crippen LogP contribution in [0.25, 0.3) is 0 Å². The third-order valence-electron chi connectivity index (χ3n) is 3.94. The summed E-state index contributed by atoms with van der Waals surface area (Å²) < 4.78 is 7.54. The minimum atomic E-state index is -0.224. The Kier molecular flexibility index (Phi) is 4.26. The molecule has 1 aliphatic rings. The van der Waals surface area contributed by atoms with E-state index < -0.39 is 0 Å². The number of hydrogen-bond acceptors (Lipinski definition) is 5. The lowest BCUT2D eigenvalue weighted by Crippen LogP contribution is -2.34. The minimum absolute atomic E-state index is 0.0176. The maximum absolute atomic E-state index is 12.6. The second kappa shape index (κ2) is 6.18. The van der Waals surface area contributed by atoms with Crippen molar-refractivity contribution in [2.45, 2.75) is 32.4 Å². The van der Waals surface area contributed by atoms with E-state index in [1.807, 2.05) is 32.3 Å². The van der Waals surface area contributed by atoms with Crippen molar-refractivity contribution in [2.24, 2.45) is 13.0 Å². The number of hydrogen-bond donors (Lipinski definition) is 1. The first-order chi connectivity index (χ1) is 10.6. The van der Waals surface area contributed by atoms with Gasteiger partial charge in [-0.15, -0.1) is 11.3 Å². The van der Waals surface area contributed by atoms with E-state index in [9.17, 15) is 4.79 Å². The van der Waals surface area contributed by atoms with Crippen LogP contribution in [-0.4, -0.2) is 27.3 Å². The molecule has 0 unspecified atom stereocenters. The van der Waals surface area contributed by atoms with E-state index in [-0.39, 0.29) is 24.0 Å². The second-order valence-electron chi connectivity index (χ2n) is 5.62. The summed E-state index contributed by atoms with van der Waals surface area (Å²) >= 11 is 1.57. The van der Waals surface area contributed by atoms with Gasteiger partial charge >= 0.3 is 0 Å². The lowest BCUT2D eigenvalue weighted by Gasteiger charge is -2.20. The van der Waals surface area contributed by atoms with Gasteiger partial charge in [0.15, 0.2) is 0 Å². The van der Waals surface area contributed by atoms with Crippen LogP contribution >= 0.6 is 11.3 Å². The van der Waals surface area contributed by atoms with Gasteiger partial charge in [0.2, 0.25) is 5.91 Å². The Morgan fingerprint density at radius 3 is 3.05 bits per heavy atom. The monoisotopic (exact) mass is 320 g/mol. The molecule has 0 aliphatic carbocycles. The zero-order chi connectivity index (χ0) is 15.7. The Bertz CT molecular complexity index is 666. The van der Waals surface area contributed by atoms with Gasteiger partial charge in [-0.05, 0) is 26.3 Å². The largest absolute Gasteiger partial charge is 0.371 e. The van der Waals surface area contributed by atoms with Crippen LogP contribution in [0.1, 0.15) is 41.9 Å². The van der Waals surface area contributed by atoms with Gasteiger partial charge in [0.25, 0.3) is 0 Å². The van der Waals surface area contributed by atoms with Crippen LogP contribution in [0.3, 0.4) is 0 Å². The summed E-state index contributed by atoms with van der Waals surface area (Å²) in [6, 6.07) is 1.82. The molecule has 1 amide bonds. The van der Waals surface area contributed by atoms with Crippen molar-refractivity contribution >= 4 is 17.2 Å². The molecule has 0 bridgehead atoms. The van der Waals surface area contributed by atoms with Crippen molar-refractivity contribution in [3.63, 3.8) is 0 Å². The third kappa shape index (κ3) is 2.91. The Morgan fingerprint density at radius 2 is 2.41 bits per heavy atom. The van der Waals surface area contributed by atoms with Crippen LogP contribution in [0, 0.1) is 12.8 Å². The molecule has 3 atom stereocenters. The van der Waals surface area contributed by atoms with E-state index >= 15 is 0 Å². The number of carbonyl (C=O) groups is 1. The molecule has 1 saturated heterocycles. The predicted octanol–water partition coefficient (Wildman–Crippen LogP) is 2.14. The van der Waals surface area contributed by atoms with E-state index in [0.717, 1.165) is 22.8 Å². The molecule has 0 aromatic carbocycles. The van der Waals surface area contributed by atoms with Crippen molar-refractivity contribution in [3.05, 3.63) is 34.0 Å². The van der Waals surface area contributed by atoms with E-state index in [0.29, 0.717) is 6.61 Å². The standard InChI is InChI=1S/C15H20N4O2S/c1-9-8-22-15(17-9)10(2)18-14(20)11-5-7-21-13(11)12-4-6-16-19(12)3/h4,6,8,10-11,13H,5,7H2,1-3H3,(H,18,20)/t10-,11+,13+/m0/s1. The minimum Gasteiger partial charge on any atom is -0.371 e. The molecule has 1 aliphatic heterocycles. The van der Waals surface area contributed by atoms with Gasteiger partial charge in [0, 0.05) is 30.9 Å². The van der Waals surface area contributed by atoms with Crippen LogP contribution in [0.2, 0.25) is 0 Å². The fourth-order valence-electron chi connectivity index (χ4n) is 2.77. The van der Waals surface area contributed by atoms with Gasteiger partial charge in [0.1, 0.15) is 11.1 Å². The predicted molar refractivity (Wildman–Crippen MR) is 83.4 cm³/mol. The molecule has 0 spiro atoms. The Hall–Kier alpha value is -1.73. The van der Waals surface area contributed by atoms with Crippen molar-refractivity contribution in [1.82, 2.24) is 20.1 Å². The maximum Gasteiger partial charge on any atom is 0.226 e. The first-order valence-corrected chi connectivity index (χ1v) is 8.26. The van der Waals surface area contributed by atoms with E-state index in [1.54, 1.807) is 22.2 Å². The lowest BCUT2D eigenvalue weighted by atomic mass is 9.97. The summed E-state index contributed by atoms with van der Waals surface area (Å²) in [7, 11) is 1.87. The molecule has 6 nitrogen and oxygen atoms in total. The molecule has 2 aromatic rings. The lowest BCUT2D eigenvalue weighted by molar-refractivity contribution is -0.127. The zero-order valence-electron chi connectivity index (χ0n) is 12.9. The highest BCUT2D eigenvalue weighted by Crippen LogP contribution is 2.34. The van der Waals surface area contributed by atoms with Gasteiger partial charge in [-0.25, -0.2) is 4.98 Å². The van der Waals surface area contributed by atoms with Gasteiger partial charge in [-0.2, -0.15) is 5.10 Å². The van der Waals surface area contributed by atoms with Crippen LogP contribution in [0.15, 0.2) is 17.6 Å². The molecule has 2 aromatic heterocycles. The number of ether oxygens (including phenoxy) is 1. The Balaban J connectivity index is 1.70. The summed E-state index contributed by atoms with van der Waals surface area (Å²) in [5, 5.41) is 10.2. The molecule has 3 heterocycles. The summed E-state index contributed by atoms with van der Waals surface area (Å²) in [4.78, 5) is 17.0. The van der Waals surface area contributed by atoms with Gasteiger partial charge in [-0.3, -0.25) is 9.48 Å². The molecular formula is C15H20N4O2S. The van der Waals surface area contributed by atoms with Crippen LogP contribution in [0.5, 0.6) is 0 Å². The smallest absolute Gasteiger partial charge is 0.226 e. The van der Waals surface area contributed by atoms with E-state index in [1.165, 1.54) is 0 Å². The van der Waals surface area contributed by atoms with Crippen molar-refractivity contribution in [1.29, 1.82) is 0 Å². The zero-order valence-corrected chi connectivity index (χ0v) is 13.8. The number of nitrogens with one attached hydrogen (secondary N) is 1. The second-order valence-corrected chi connectivity index (χ2v) is 6.51. The maximum atomic E-state index is 12.6. The first-order valence-electron chi connectivity index (χ1n) is 7.38. The molecular weight excluding hydrogens is 300 g/mol. The van der Waals surface area contributed by atoms with Crippen LogP contribution < -0.4 is 5.32 Å². The molecule has 118 valence electrons. The normalized spacial score (nSPS) is 22.7. The topological polar surface area (TPSA) is 69.0 Å². The van der Waals surface area contributed by atoms with E-state index in [2.05, 4.69) is 15.4 Å². The average molecular weight is 320 g/mol. The number of rotatable bonds is 4. The SMILES string of the molecule is Cc1csc([C@H](C)NC(=O)[C@@H]2CCO[C@H]2c2ccnn2C)n1. The highest BCUT2D eigenvalue weighted by Gasteiger charge is 2.37. The Labute approximate surface area is 133 Å². The first kappa shape index (κ1) is 15.2. The number of aryl methyl sites for hydroxylation is 2. The summed E-state index contributed by atoms with van der Waals surface area (Å²) in [5.74, 6) is -0.164. The molecule has 0 saturated carbocycles. The molecule has 22 heavy (non-hydrogen) atoms. The van der Waals surface area contributed by atoms with Gasteiger partial charge in [0.05, 0.1) is 17.7 Å². The number of nitrogens with zero attached hydrogens (tertiary/aromatic N) is 3. The summed E-state index contributed by atoms with van der Waals surface area (Å²) in [6.45, 7) is 4.52. The number of thiazole rings is 1.